The zero-order chi connectivity index (χ0) is 13.8. The van der Waals surface area contributed by atoms with Crippen LogP contribution in [0.5, 0.6) is 0 Å². The van der Waals surface area contributed by atoms with Gasteiger partial charge in [0, 0.05) is 13.1 Å². The molecular weight excluding hydrogens is 253 g/mol. The van der Waals surface area contributed by atoms with Crippen LogP contribution in [0.25, 0.3) is 0 Å². The average Bonchev–Trinajstić information content (AvgIpc) is 2.67. The van der Waals surface area contributed by atoms with Crippen LogP contribution in [0, 0.1) is 5.82 Å². The van der Waals surface area contributed by atoms with Gasteiger partial charge in [0.1, 0.15) is 24.1 Å². The SMILES string of the molecule is OC[C@H]1O[C@H](CNCc2cccc(F)c2)[C@@H](O)[C@@H]1O. The van der Waals surface area contributed by atoms with Crippen molar-refractivity contribution in [2.45, 2.75) is 31.0 Å². The Balaban J connectivity index is 1.80. The molecule has 2 rings (SSSR count). The molecule has 1 aliphatic rings. The number of ether oxygens (including phenoxy) is 1. The fourth-order valence-electron chi connectivity index (χ4n) is 2.15. The third-order valence-corrected chi connectivity index (χ3v) is 3.20. The first-order valence-corrected chi connectivity index (χ1v) is 6.19. The maximum Gasteiger partial charge on any atom is 0.123 e. The molecule has 0 radical (unpaired) electrons. The monoisotopic (exact) mass is 271 g/mol. The summed E-state index contributed by atoms with van der Waals surface area (Å²) in [5, 5.41) is 31.3. The van der Waals surface area contributed by atoms with Crippen molar-refractivity contribution in [3.05, 3.63) is 35.6 Å². The maximum atomic E-state index is 13.0. The number of rotatable bonds is 5. The molecule has 1 aromatic rings. The first-order valence-electron chi connectivity index (χ1n) is 6.19. The van der Waals surface area contributed by atoms with E-state index in [9.17, 15) is 14.6 Å². The van der Waals surface area contributed by atoms with Crippen molar-refractivity contribution in [1.82, 2.24) is 5.32 Å². The predicted molar refractivity (Wildman–Crippen MR) is 65.9 cm³/mol. The van der Waals surface area contributed by atoms with Crippen molar-refractivity contribution in [2.75, 3.05) is 13.2 Å². The minimum Gasteiger partial charge on any atom is -0.394 e. The highest BCUT2D eigenvalue weighted by atomic mass is 19.1. The second-order valence-electron chi connectivity index (χ2n) is 4.64. The molecule has 1 aliphatic heterocycles. The van der Waals surface area contributed by atoms with Gasteiger partial charge in [0.15, 0.2) is 0 Å². The smallest absolute Gasteiger partial charge is 0.123 e. The lowest BCUT2D eigenvalue weighted by Gasteiger charge is -2.15. The van der Waals surface area contributed by atoms with Gasteiger partial charge < -0.3 is 25.4 Å². The highest BCUT2D eigenvalue weighted by molar-refractivity contribution is 5.16. The van der Waals surface area contributed by atoms with E-state index >= 15 is 0 Å². The van der Waals surface area contributed by atoms with Gasteiger partial charge in [0.25, 0.3) is 0 Å². The fourth-order valence-corrected chi connectivity index (χ4v) is 2.15. The number of benzene rings is 1. The number of aliphatic hydroxyl groups excluding tert-OH is 3. The summed E-state index contributed by atoms with van der Waals surface area (Å²) in [5.74, 6) is -0.299. The summed E-state index contributed by atoms with van der Waals surface area (Å²) in [7, 11) is 0. The Morgan fingerprint density at radius 3 is 2.58 bits per heavy atom. The molecule has 0 bridgehead atoms. The third kappa shape index (κ3) is 3.49. The van der Waals surface area contributed by atoms with Crippen LogP contribution in [-0.4, -0.2) is 52.9 Å². The quantitative estimate of drug-likeness (QED) is 0.575. The highest BCUT2D eigenvalue weighted by Crippen LogP contribution is 2.20. The lowest BCUT2D eigenvalue weighted by molar-refractivity contribution is -0.0213. The number of hydrogen-bond acceptors (Lipinski definition) is 5. The van der Waals surface area contributed by atoms with Crippen molar-refractivity contribution in [3.8, 4) is 0 Å². The predicted octanol–water partition coefficient (Wildman–Crippen LogP) is -0.603. The van der Waals surface area contributed by atoms with Crippen molar-refractivity contribution in [3.63, 3.8) is 0 Å². The van der Waals surface area contributed by atoms with Gasteiger partial charge >= 0.3 is 0 Å². The Hall–Kier alpha value is -1.05. The van der Waals surface area contributed by atoms with Crippen LogP contribution in [0.4, 0.5) is 4.39 Å². The van der Waals surface area contributed by atoms with Crippen LogP contribution in [-0.2, 0) is 11.3 Å². The minimum absolute atomic E-state index is 0.299. The molecule has 0 unspecified atom stereocenters. The summed E-state index contributed by atoms with van der Waals surface area (Å²) in [6.07, 6.45) is -3.44. The molecule has 19 heavy (non-hydrogen) atoms. The number of halogens is 1. The summed E-state index contributed by atoms with van der Waals surface area (Å²) >= 11 is 0. The lowest BCUT2D eigenvalue weighted by Crippen LogP contribution is -2.38. The van der Waals surface area contributed by atoms with Gasteiger partial charge in [-0.25, -0.2) is 4.39 Å². The second-order valence-corrected chi connectivity index (χ2v) is 4.64. The van der Waals surface area contributed by atoms with Gasteiger partial charge in [-0.3, -0.25) is 0 Å². The van der Waals surface area contributed by atoms with Crippen LogP contribution in [0.3, 0.4) is 0 Å². The third-order valence-electron chi connectivity index (χ3n) is 3.20. The molecule has 0 amide bonds. The molecule has 0 aromatic heterocycles. The summed E-state index contributed by atoms with van der Waals surface area (Å²) in [6, 6.07) is 6.20. The van der Waals surface area contributed by atoms with Crippen molar-refractivity contribution >= 4 is 0 Å². The van der Waals surface area contributed by atoms with Gasteiger partial charge in [-0.2, -0.15) is 0 Å². The van der Waals surface area contributed by atoms with Gasteiger partial charge in [0.2, 0.25) is 0 Å². The maximum absolute atomic E-state index is 13.0. The summed E-state index contributed by atoms with van der Waals surface area (Å²) in [5.41, 5.74) is 0.784. The normalized spacial score (nSPS) is 30.7. The Labute approximate surface area is 110 Å². The first kappa shape index (κ1) is 14.4. The summed E-state index contributed by atoms with van der Waals surface area (Å²) in [6.45, 7) is 0.411. The molecular formula is C13H18FNO4. The zero-order valence-corrected chi connectivity index (χ0v) is 10.4. The molecule has 5 nitrogen and oxygen atoms in total. The van der Waals surface area contributed by atoms with Crippen LogP contribution >= 0.6 is 0 Å². The van der Waals surface area contributed by atoms with Crippen LogP contribution < -0.4 is 5.32 Å². The molecule has 0 aliphatic carbocycles. The Morgan fingerprint density at radius 1 is 1.21 bits per heavy atom. The molecule has 106 valence electrons. The Kier molecular flexibility index (Phi) is 4.84. The number of nitrogens with one attached hydrogen (secondary N) is 1. The number of hydrogen-bond donors (Lipinski definition) is 4. The second kappa shape index (κ2) is 6.40. The largest absolute Gasteiger partial charge is 0.394 e. The van der Waals surface area contributed by atoms with Gasteiger partial charge in [-0.15, -0.1) is 0 Å². The molecule has 4 N–H and O–H groups in total. The van der Waals surface area contributed by atoms with E-state index in [-0.39, 0.29) is 12.4 Å². The highest BCUT2D eigenvalue weighted by Gasteiger charge is 2.41. The van der Waals surface area contributed by atoms with Crippen molar-refractivity contribution in [1.29, 1.82) is 0 Å². The van der Waals surface area contributed by atoms with Crippen LogP contribution in [0.15, 0.2) is 24.3 Å². The summed E-state index contributed by atoms with van der Waals surface area (Å²) in [4.78, 5) is 0. The molecule has 1 aromatic carbocycles. The van der Waals surface area contributed by atoms with Crippen LogP contribution in [0.1, 0.15) is 5.56 Å². The lowest BCUT2D eigenvalue weighted by atomic mass is 10.1. The molecule has 6 heteroatoms. The molecule has 1 heterocycles. The van der Waals surface area contributed by atoms with Gasteiger partial charge in [0.05, 0.1) is 12.7 Å². The topological polar surface area (TPSA) is 82.0 Å². The van der Waals surface area contributed by atoms with E-state index < -0.39 is 24.4 Å². The number of aliphatic hydroxyl groups is 3. The Morgan fingerprint density at radius 2 is 1.95 bits per heavy atom. The van der Waals surface area contributed by atoms with E-state index in [0.717, 1.165) is 5.56 Å². The van der Waals surface area contributed by atoms with Crippen molar-refractivity contribution in [2.24, 2.45) is 0 Å². The molecule has 0 spiro atoms. The zero-order valence-electron chi connectivity index (χ0n) is 10.4. The average molecular weight is 271 g/mol. The van der Waals surface area contributed by atoms with E-state index in [4.69, 9.17) is 9.84 Å². The van der Waals surface area contributed by atoms with E-state index in [1.165, 1.54) is 12.1 Å². The van der Waals surface area contributed by atoms with E-state index in [2.05, 4.69) is 5.32 Å². The molecule has 4 atom stereocenters. The first-order chi connectivity index (χ1) is 9.11. The van der Waals surface area contributed by atoms with Gasteiger partial charge in [-0.1, -0.05) is 12.1 Å². The summed E-state index contributed by atoms with van der Waals surface area (Å²) < 4.78 is 18.3. The molecule has 1 fully saturated rings. The molecule has 0 saturated carbocycles. The van der Waals surface area contributed by atoms with E-state index in [1.807, 2.05) is 0 Å². The van der Waals surface area contributed by atoms with Crippen LogP contribution in [0.2, 0.25) is 0 Å². The minimum atomic E-state index is -1.08. The van der Waals surface area contributed by atoms with Crippen molar-refractivity contribution < 1.29 is 24.4 Å². The Bertz CT molecular complexity index is 417. The molecule has 1 saturated heterocycles. The van der Waals surface area contributed by atoms with Gasteiger partial charge in [-0.05, 0) is 17.7 Å². The fraction of sp³-hybridized carbons (Fsp3) is 0.538. The van der Waals surface area contributed by atoms with E-state index in [1.54, 1.807) is 12.1 Å². The van der Waals surface area contributed by atoms with E-state index in [0.29, 0.717) is 13.1 Å². The standard InChI is InChI=1S/C13H18FNO4/c14-9-3-1-2-8(4-9)5-15-6-10-12(17)13(18)11(7-16)19-10/h1-4,10-13,15-18H,5-7H2/t10-,11-,12-,13-/m1/s1.